The van der Waals surface area contributed by atoms with E-state index in [9.17, 15) is 0 Å². The summed E-state index contributed by atoms with van der Waals surface area (Å²) in [7, 11) is 0. The fraction of sp³-hybridized carbons (Fsp3) is 0.0577. The fourth-order valence-electron chi connectivity index (χ4n) is 9.99. The zero-order valence-electron chi connectivity index (χ0n) is 30.4. The van der Waals surface area contributed by atoms with Gasteiger partial charge < -0.3 is 4.42 Å². The van der Waals surface area contributed by atoms with Crippen LogP contribution in [0.2, 0.25) is 0 Å². The molecule has 0 saturated heterocycles. The molecular formula is C52H33N3O. The first-order valence-electron chi connectivity index (χ1n) is 19.3. The van der Waals surface area contributed by atoms with Gasteiger partial charge >= 0.3 is 0 Å². The predicted molar refractivity (Wildman–Crippen MR) is 226 cm³/mol. The Morgan fingerprint density at radius 2 is 1.02 bits per heavy atom. The molecule has 3 aliphatic rings. The Balaban J connectivity index is 1.08. The summed E-state index contributed by atoms with van der Waals surface area (Å²) in [6.07, 6.45) is 5.71. The molecule has 0 saturated carbocycles. The van der Waals surface area contributed by atoms with Gasteiger partial charge in [-0.15, -0.1) is 0 Å². The van der Waals surface area contributed by atoms with E-state index in [0.717, 1.165) is 45.0 Å². The van der Waals surface area contributed by atoms with Gasteiger partial charge in [-0.2, -0.15) is 0 Å². The molecule has 0 fully saturated rings. The van der Waals surface area contributed by atoms with Crippen LogP contribution in [0.25, 0.3) is 78.4 Å². The van der Waals surface area contributed by atoms with Crippen molar-refractivity contribution >= 4 is 33.1 Å². The molecule has 2 heterocycles. The van der Waals surface area contributed by atoms with Crippen molar-refractivity contribution in [2.75, 3.05) is 0 Å². The summed E-state index contributed by atoms with van der Waals surface area (Å²) >= 11 is 0. The number of rotatable bonds is 4. The molecule has 1 spiro atoms. The molecule has 56 heavy (non-hydrogen) atoms. The Kier molecular flexibility index (Phi) is 6.64. The average molecular weight is 716 g/mol. The Hall–Kier alpha value is -7.17. The molecule has 12 rings (SSSR count). The second-order valence-corrected chi connectivity index (χ2v) is 15.0. The lowest BCUT2D eigenvalue weighted by atomic mass is 9.65. The van der Waals surface area contributed by atoms with E-state index in [1.165, 1.54) is 50.1 Å². The second kappa shape index (κ2) is 11.9. The molecule has 0 N–H and O–H groups in total. The highest BCUT2D eigenvalue weighted by molar-refractivity contribution is 6.14. The second-order valence-electron chi connectivity index (χ2n) is 15.0. The number of benzene rings is 7. The lowest BCUT2D eigenvalue weighted by Crippen LogP contribution is -2.32. The first-order valence-corrected chi connectivity index (χ1v) is 19.3. The summed E-state index contributed by atoms with van der Waals surface area (Å²) in [5, 5.41) is 2.04. The van der Waals surface area contributed by atoms with Crippen molar-refractivity contribution in [1.82, 2.24) is 15.0 Å². The van der Waals surface area contributed by atoms with E-state index >= 15 is 0 Å². The van der Waals surface area contributed by atoms with Gasteiger partial charge in [0.2, 0.25) is 0 Å². The van der Waals surface area contributed by atoms with E-state index in [-0.39, 0.29) is 11.3 Å². The molecule has 9 aromatic rings. The summed E-state index contributed by atoms with van der Waals surface area (Å²) in [5.41, 5.74) is 16.3. The van der Waals surface area contributed by atoms with Crippen molar-refractivity contribution in [3.8, 4) is 45.3 Å². The molecule has 0 radical (unpaired) electrons. The van der Waals surface area contributed by atoms with Crippen LogP contribution >= 0.6 is 0 Å². The number of hydrogen-bond acceptors (Lipinski definition) is 4. The van der Waals surface area contributed by atoms with Crippen LogP contribution in [0.4, 0.5) is 0 Å². The minimum absolute atomic E-state index is 0.245. The zero-order valence-corrected chi connectivity index (χ0v) is 30.4. The van der Waals surface area contributed by atoms with Crippen molar-refractivity contribution in [1.29, 1.82) is 0 Å². The molecule has 2 aromatic heterocycles. The third kappa shape index (κ3) is 4.32. The van der Waals surface area contributed by atoms with Gasteiger partial charge in [0.15, 0.2) is 17.5 Å². The fourth-order valence-corrected chi connectivity index (χ4v) is 9.99. The van der Waals surface area contributed by atoms with Crippen LogP contribution in [0.1, 0.15) is 34.2 Å². The van der Waals surface area contributed by atoms with Crippen molar-refractivity contribution in [2.45, 2.75) is 11.8 Å². The topological polar surface area (TPSA) is 51.8 Å². The summed E-state index contributed by atoms with van der Waals surface area (Å²) in [6.45, 7) is 0. The molecule has 1 unspecified atom stereocenters. The van der Waals surface area contributed by atoms with E-state index in [1.54, 1.807) is 0 Å². The quantitative estimate of drug-likeness (QED) is 0.182. The highest BCUT2D eigenvalue weighted by atomic mass is 16.3. The highest BCUT2D eigenvalue weighted by Crippen LogP contribution is 2.66. The molecule has 3 aliphatic carbocycles. The number of furan rings is 1. The molecule has 0 bridgehead atoms. The lowest BCUT2D eigenvalue weighted by Gasteiger charge is -2.36. The van der Waals surface area contributed by atoms with Crippen molar-refractivity contribution in [3.05, 3.63) is 210 Å². The number of allylic oxidation sites excluding steroid dienone is 4. The Morgan fingerprint density at radius 3 is 1.68 bits per heavy atom. The maximum atomic E-state index is 6.58. The molecule has 0 amide bonds. The highest BCUT2D eigenvalue weighted by Gasteiger charge is 2.56. The van der Waals surface area contributed by atoms with Crippen molar-refractivity contribution < 1.29 is 4.42 Å². The van der Waals surface area contributed by atoms with Gasteiger partial charge in [-0.3, -0.25) is 0 Å². The maximum absolute atomic E-state index is 6.58. The minimum Gasteiger partial charge on any atom is -0.456 e. The monoisotopic (exact) mass is 715 g/mol. The molecule has 262 valence electrons. The Bertz CT molecular complexity index is 3020. The van der Waals surface area contributed by atoms with Crippen molar-refractivity contribution in [2.24, 2.45) is 5.92 Å². The molecule has 0 aliphatic heterocycles. The number of aromatic nitrogens is 3. The normalized spacial score (nSPS) is 16.0. The summed E-state index contributed by atoms with van der Waals surface area (Å²) in [6, 6.07) is 60.4. The summed E-state index contributed by atoms with van der Waals surface area (Å²) in [5.74, 6) is 2.12. The van der Waals surface area contributed by atoms with E-state index in [2.05, 4.69) is 109 Å². The summed E-state index contributed by atoms with van der Waals surface area (Å²) < 4.78 is 6.58. The van der Waals surface area contributed by atoms with Gasteiger partial charge in [-0.25, -0.2) is 15.0 Å². The van der Waals surface area contributed by atoms with Crippen LogP contribution in [-0.4, -0.2) is 15.0 Å². The molecule has 7 aromatic carbocycles. The lowest BCUT2D eigenvalue weighted by molar-refractivity contribution is 0.495. The predicted octanol–water partition coefficient (Wildman–Crippen LogP) is 12.6. The molecule has 4 heteroatoms. The van der Waals surface area contributed by atoms with E-state index in [0.29, 0.717) is 17.5 Å². The van der Waals surface area contributed by atoms with Crippen LogP contribution in [0.5, 0.6) is 0 Å². The minimum atomic E-state index is -0.264. The van der Waals surface area contributed by atoms with Gasteiger partial charge in [0.05, 0.1) is 5.41 Å². The van der Waals surface area contributed by atoms with Crippen molar-refractivity contribution in [3.63, 3.8) is 0 Å². The van der Waals surface area contributed by atoms with Crippen LogP contribution in [0, 0.1) is 5.92 Å². The average Bonchev–Trinajstić information content (AvgIpc) is 3.91. The van der Waals surface area contributed by atoms with Crippen LogP contribution in [0.3, 0.4) is 0 Å². The third-order valence-electron chi connectivity index (χ3n) is 12.2. The van der Waals surface area contributed by atoms with Gasteiger partial charge in [-0.05, 0) is 74.7 Å². The number of fused-ring (bicyclic) bond motifs is 13. The zero-order chi connectivity index (χ0) is 36.8. The number of hydrogen-bond donors (Lipinski definition) is 0. The van der Waals surface area contributed by atoms with Gasteiger partial charge in [0, 0.05) is 33.4 Å². The first kappa shape index (κ1) is 31.2. The summed E-state index contributed by atoms with van der Waals surface area (Å²) in [4.78, 5) is 15.2. The Morgan fingerprint density at radius 1 is 0.464 bits per heavy atom. The maximum Gasteiger partial charge on any atom is 0.164 e. The van der Waals surface area contributed by atoms with Gasteiger partial charge in [-0.1, -0.05) is 164 Å². The first-order chi connectivity index (χ1) is 27.8. The van der Waals surface area contributed by atoms with E-state index in [1.807, 2.05) is 72.8 Å². The Labute approximate surface area is 324 Å². The SMILES string of the molecule is C1=CC(c2ccc3oc4cccc(-c5nc(-c6ccccc6)nc(-c6ccccc6)n5)c4c3c2)=C2c3ccccc3C3(c4ccccc4-c4ccccc43)C2C1. The largest absolute Gasteiger partial charge is 0.456 e. The third-order valence-corrected chi connectivity index (χ3v) is 12.2. The van der Waals surface area contributed by atoms with Gasteiger partial charge in [0.1, 0.15) is 11.2 Å². The standard InChI is InChI=1S/C52H33N3O/c1-3-15-32(16-4-1)49-53-50(33-17-5-2-6-18-33)55-51(54-49)39-23-14-28-46-48(39)40-31-34(29-30-45(40)56-46)35-22-13-27-44-47(35)38-21-9-12-26-43(38)52(44)41-24-10-7-19-36(41)37-20-8-11-25-42(37)52/h1-26,28-31,44H,27H2. The van der Waals surface area contributed by atoms with Gasteiger partial charge in [0.25, 0.3) is 0 Å². The van der Waals surface area contributed by atoms with E-state index < -0.39 is 0 Å². The van der Waals surface area contributed by atoms with Crippen LogP contribution in [0.15, 0.2) is 186 Å². The smallest absolute Gasteiger partial charge is 0.164 e. The van der Waals surface area contributed by atoms with Crippen LogP contribution < -0.4 is 0 Å². The molecule has 4 nitrogen and oxygen atoms in total. The van der Waals surface area contributed by atoms with E-state index in [4.69, 9.17) is 19.4 Å². The molecule has 1 atom stereocenters. The number of nitrogens with zero attached hydrogens (tertiary/aromatic N) is 3. The molecular weight excluding hydrogens is 683 g/mol. The van der Waals surface area contributed by atoms with Crippen LogP contribution in [-0.2, 0) is 5.41 Å².